The van der Waals surface area contributed by atoms with E-state index >= 15 is 0 Å². The van der Waals surface area contributed by atoms with E-state index in [1.807, 2.05) is 0 Å². The Morgan fingerprint density at radius 2 is 1.50 bits per heavy atom. The van der Waals surface area contributed by atoms with Gasteiger partial charge in [-0.15, -0.1) is 0 Å². The number of rotatable bonds is 4. The van der Waals surface area contributed by atoms with E-state index in [-0.39, 0.29) is 24.4 Å². The zero-order chi connectivity index (χ0) is 23.8. The number of benzene rings is 3. The van der Waals surface area contributed by atoms with Crippen LogP contribution in [0.2, 0.25) is 0 Å². The summed E-state index contributed by atoms with van der Waals surface area (Å²) in [5.41, 5.74) is 2.16. The van der Waals surface area contributed by atoms with Crippen LogP contribution in [0.5, 0.6) is 0 Å². The van der Waals surface area contributed by atoms with Gasteiger partial charge in [0, 0.05) is 10.8 Å². The van der Waals surface area contributed by atoms with E-state index in [0.717, 1.165) is 0 Å². The Morgan fingerprint density at radius 1 is 0.912 bits per heavy atom. The number of para-hydroxylation sites is 4. The number of ether oxygens (including phenoxy) is 1. The summed E-state index contributed by atoms with van der Waals surface area (Å²) in [5.74, 6) is -1.45. The quantitative estimate of drug-likeness (QED) is 0.377. The molecule has 0 saturated carbocycles. The molecule has 1 aliphatic rings. The molecule has 0 fully saturated rings. The molecule has 5 rings (SSSR count). The number of nitrogens with one attached hydrogen (secondary N) is 1. The molecule has 3 aromatic carbocycles. The van der Waals surface area contributed by atoms with Gasteiger partial charge in [0.05, 0.1) is 22.4 Å². The molecule has 170 valence electrons. The summed E-state index contributed by atoms with van der Waals surface area (Å²) in [6.07, 6.45) is -1.11. The van der Waals surface area contributed by atoms with E-state index in [9.17, 15) is 19.2 Å². The summed E-state index contributed by atoms with van der Waals surface area (Å²) in [6, 6.07) is 21.1. The summed E-state index contributed by atoms with van der Waals surface area (Å²) in [6.45, 7) is 1.14. The number of esters is 1. The van der Waals surface area contributed by atoms with Crippen molar-refractivity contribution in [1.82, 2.24) is 4.57 Å². The maximum atomic E-state index is 13.1. The van der Waals surface area contributed by atoms with Crippen molar-refractivity contribution < 1.29 is 19.1 Å². The fourth-order valence-electron chi connectivity index (χ4n) is 4.31. The van der Waals surface area contributed by atoms with Crippen LogP contribution in [0.25, 0.3) is 21.8 Å². The number of carbonyl (C=O) groups excluding carboxylic acids is 3. The normalized spacial score (nSPS) is 13.9. The number of hydrogen-bond donors (Lipinski definition) is 1. The van der Waals surface area contributed by atoms with Crippen molar-refractivity contribution >= 4 is 51.0 Å². The fraction of sp³-hybridized carbons (Fsp3) is 0.154. The molecule has 1 atom stereocenters. The second-order valence-corrected chi connectivity index (χ2v) is 8.07. The highest BCUT2D eigenvalue weighted by Gasteiger charge is 2.31. The number of anilines is 2. The molecule has 2 heterocycles. The average Bonchev–Trinajstić information content (AvgIpc) is 2.85. The number of hydrogen-bond acceptors (Lipinski definition) is 5. The van der Waals surface area contributed by atoms with E-state index in [1.165, 1.54) is 11.8 Å². The smallest absolute Gasteiger partial charge is 0.326 e. The Labute approximate surface area is 194 Å². The van der Waals surface area contributed by atoms with Gasteiger partial charge >= 0.3 is 5.97 Å². The lowest BCUT2D eigenvalue weighted by atomic mass is 10.1. The van der Waals surface area contributed by atoms with Gasteiger partial charge < -0.3 is 14.6 Å². The Bertz CT molecular complexity index is 1460. The van der Waals surface area contributed by atoms with Crippen LogP contribution in [0.4, 0.5) is 11.4 Å². The van der Waals surface area contributed by atoms with E-state index in [2.05, 4.69) is 5.32 Å². The zero-order valence-electron chi connectivity index (χ0n) is 18.4. The van der Waals surface area contributed by atoms with Crippen molar-refractivity contribution in [2.45, 2.75) is 19.6 Å². The lowest BCUT2D eigenvalue weighted by Gasteiger charge is -2.30. The molecular formula is C26H21N3O5. The first-order chi connectivity index (χ1) is 16.4. The number of pyridine rings is 1. The van der Waals surface area contributed by atoms with Crippen LogP contribution in [0.3, 0.4) is 0 Å². The molecule has 0 aliphatic carbocycles. The Morgan fingerprint density at radius 3 is 2.18 bits per heavy atom. The first-order valence-electron chi connectivity index (χ1n) is 10.8. The molecular weight excluding hydrogens is 434 g/mol. The third-order valence-electron chi connectivity index (χ3n) is 5.86. The molecule has 0 bridgehead atoms. The largest absolute Gasteiger partial charge is 0.451 e. The SMILES string of the molecule is CC(OC(=O)Cn1c2ccccc2c(=O)c2ccccc21)C(=O)N1CC(=O)Nc2ccccc21. The van der Waals surface area contributed by atoms with Crippen molar-refractivity contribution in [3.8, 4) is 0 Å². The molecule has 0 saturated heterocycles. The molecule has 8 nitrogen and oxygen atoms in total. The molecule has 1 aliphatic heterocycles. The maximum Gasteiger partial charge on any atom is 0.326 e. The summed E-state index contributed by atoms with van der Waals surface area (Å²) in [5, 5.41) is 3.72. The van der Waals surface area contributed by atoms with Crippen molar-refractivity contribution in [1.29, 1.82) is 0 Å². The second kappa shape index (κ2) is 8.47. The fourth-order valence-corrected chi connectivity index (χ4v) is 4.31. The lowest BCUT2D eigenvalue weighted by Crippen LogP contribution is -2.47. The number of amides is 2. The Hall–Kier alpha value is -4.46. The lowest BCUT2D eigenvalue weighted by molar-refractivity contribution is -0.154. The van der Waals surface area contributed by atoms with Crippen molar-refractivity contribution in [2.75, 3.05) is 16.8 Å². The van der Waals surface area contributed by atoms with E-state index in [4.69, 9.17) is 4.74 Å². The minimum absolute atomic E-state index is 0.110. The number of fused-ring (bicyclic) bond motifs is 3. The number of carbonyl (C=O) groups is 3. The highest BCUT2D eigenvalue weighted by molar-refractivity contribution is 6.11. The molecule has 1 unspecified atom stereocenters. The van der Waals surface area contributed by atoms with Crippen LogP contribution in [-0.2, 0) is 25.7 Å². The van der Waals surface area contributed by atoms with Gasteiger partial charge in [-0.3, -0.25) is 24.1 Å². The topological polar surface area (TPSA) is 97.7 Å². The van der Waals surface area contributed by atoms with Gasteiger partial charge in [-0.25, -0.2) is 0 Å². The van der Waals surface area contributed by atoms with Crippen LogP contribution in [0, 0.1) is 0 Å². The van der Waals surface area contributed by atoms with Crippen molar-refractivity contribution in [2.24, 2.45) is 0 Å². The number of nitrogens with zero attached hydrogens (tertiary/aromatic N) is 2. The van der Waals surface area contributed by atoms with Gasteiger partial charge in [-0.2, -0.15) is 0 Å². The molecule has 0 radical (unpaired) electrons. The standard InChI is InChI=1S/C26H21N3O5/c1-16(26(33)29-14-23(30)27-19-10-4-7-13-22(19)29)34-24(31)15-28-20-11-5-2-8-17(20)25(32)18-9-3-6-12-21(18)28/h2-13,16H,14-15H2,1H3,(H,27,30). The van der Waals surface area contributed by atoms with E-state index in [1.54, 1.807) is 77.4 Å². The number of aromatic nitrogens is 1. The Balaban J connectivity index is 1.42. The third kappa shape index (κ3) is 3.69. The molecule has 1 N–H and O–H groups in total. The second-order valence-electron chi connectivity index (χ2n) is 8.07. The van der Waals surface area contributed by atoms with Crippen LogP contribution in [-0.4, -0.2) is 35.0 Å². The molecule has 1 aromatic heterocycles. The van der Waals surface area contributed by atoms with Gasteiger partial charge in [0.15, 0.2) is 11.5 Å². The summed E-state index contributed by atoms with van der Waals surface area (Å²) in [4.78, 5) is 52.3. The highest BCUT2D eigenvalue weighted by Crippen LogP contribution is 2.29. The highest BCUT2D eigenvalue weighted by atomic mass is 16.5. The van der Waals surface area contributed by atoms with Crippen LogP contribution >= 0.6 is 0 Å². The summed E-state index contributed by atoms with van der Waals surface area (Å²) < 4.78 is 7.20. The van der Waals surface area contributed by atoms with Gasteiger partial charge in [0.2, 0.25) is 5.91 Å². The Kier molecular flexibility index (Phi) is 5.33. The van der Waals surface area contributed by atoms with Gasteiger partial charge in [-0.1, -0.05) is 36.4 Å². The van der Waals surface area contributed by atoms with Gasteiger partial charge in [0.25, 0.3) is 5.91 Å². The van der Waals surface area contributed by atoms with E-state index in [0.29, 0.717) is 33.2 Å². The first kappa shape index (κ1) is 21.4. The monoisotopic (exact) mass is 455 g/mol. The van der Waals surface area contributed by atoms with Crippen LogP contribution in [0.1, 0.15) is 6.92 Å². The van der Waals surface area contributed by atoms with Crippen LogP contribution in [0.15, 0.2) is 77.6 Å². The molecule has 4 aromatic rings. The molecule has 34 heavy (non-hydrogen) atoms. The minimum atomic E-state index is -1.11. The molecule has 8 heteroatoms. The zero-order valence-corrected chi connectivity index (χ0v) is 18.4. The van der Waals surface area contributed by atoms with Gasteiger partial charge in [-0.05, 0) is 43.3 Å². The average molecular weight is 455 g/mol. The molecule has 0 spiro atoms. The predicted molar refractivity (Wildman–Crippen MR) is 129 cm³/mol. The third-order valence-corrected chi connectivity index (χ3v) is 5.86. The molecule has 2 amide bonds. The first-order valence-corrected chi connectivity index (χ1v) is 10.8. The minimum Gasteiger partial charge on any atom is -0.451 e. The van der Waals surface area contributed by atoms with Crippen molar-refractivity contribution in [3.63, 3.8) is 0 Å². The van der Waals surface area contributed by atoms with Gasteiger partial charge in [0.1, 0.15) is 13.1 Å². The van der Waals surface area contributed by atoms with Crippen molar-refractivity contribution in [3.05, 3.63) is 83.0 Å². The maximum absolute atomic E-state index is 13.1. The van der Waals surface area contributed by atoms with Crippen LogP contribution < -0.4 is 15.6 Å². The summed E-state index contributed by atoms with van der Waals surface area (Å²) in [7, 11) is 0. The van der Waals surface area contributed by atoms with E-state index < -0.39 is 18.0 Å². The summed E-state index contributed by atoms with van der Waals surface area (Å²) >= 11 is 0. The predicted octanol–water partition coefficient (Wildman–Crippen LogP) is 3.07.